The van der Waals surface area contributed by atoms with Gasteiger partial charge in [-0.25, -0.2) is 8.42 Å². The minimum Gasteiger partial charge on any atom is -0.493 e. The summed E-state index contributed by atoms with van der Waals surface area (Å²) in [5, 5.41) is 3.04. The molecule has 1 aliphatic rings. The molecule has 1 aromatic heterocycles. The molecule has 0 fully saturated rings. The summed E-state index contributed by atoms with van der Waals surface area (Å²) >= 11 is 0.884. The van der Waals surface area contributed by atoms with Crippen molar-refractivity contribution in [3.63, 3.8) is 0 Å². The number of alkyl halides is 3. The molecule has 1 aliphatic heterocycles. The molecule has 2 amide bonds. The lowest BCUT2D eigenvalue weighted by molar-refractivity contribution is -0.167. The molecule has 8 nitrogen and oxygen atoms in total. The summed E-state index contributed by atoms with van der Waals surface area (Å²) in [7, 11) is -2.12. The molecule has 1 atom stereocenters. The molecule has 0 unspecified atom stereocenters. The van der Waals surface area contributed by atoms with Gasteiger partial charge in [0.15, 0.2) is 11.5 Å². The molecule has 0 radical (unpaired) electrons. The van der Waals surface area contributed by atoms with Gasteiger partial charge in [-0.3, -0.25) is 9.59 Å². The number of nitrogens with one attached hydrogen (secondary N) is 1. The quantitative estimate of drug-likeness (QED) is 0.589. The number of methoxy groups -OCH3 is 1. The fourth-order valence-corrected chi connectivity index (χ4v) is 5.38. The summed E-state index contributed by atoms with van der Waals surface area (Å²) in [5.74, 6) is -2.34. The molecule has 2 aromatic rings. The van der Waals surface area contributed by atoms with Crippen molar-refractivity contribution < 1.29 is 40.7 Å². The van der Waals surface area contributed by atoms with Crippen LogP contribution in [0.3, 0.4) is 0 Å². The molecule has 1 N–H and O–H groups in total. The molecule has 1 aromatic carbocycles. The first kappa shape index (κ1) is 24.8. The van der Waals surface area contributed by atoms with Crippen molar-refractivity contribution in [3.05, 3.63) is 39.6 Å². The highest BCUT2D eigenvalue weighted by atomic mass is 32.2. The standard InChI is InChI=1S/C20H21F3N2O6S2/c1-4-31-16-7-11(5-6-15(16)30-2)14(10-33(3,28)29)25-8-12-13(9-32-17(12)18(25)26)24-19(27)20(21,22)23/h5-7,9,14H,4,8,10H2,1-3H3,(H,24,27)/t14-/m1/s1. The van der Waals surface area contributed by atoms with E-state index in [1.807, 2.05) is 0 Å². The van der Waals surface area contributed by atoms with Gasteiger partial charge in [-0.05, 0) is 24.6 Å². The Kier molecular flexibility index (Phi) is 6.93. The van der Waals surface area contributed by atoms with Crippen molar-refractivity contribution in [2.45, 2.75) is 25.7 Å². The van der Waals surface area contributed by atoms with Gasteiger partial charge in [-0.15, -0.1) is 11.3 Å². The summed E-state index contributed by atoms with van der Waals surface area (Å²) < 4.78 is 73.1. The first-order chi connectivity index (χ1) is 15.4. The minimum atomic E-state index is -5.09. The fraction of sp³-hybridized carbons (Fsp3) is 0.400. The number of fused-ring (bicyclic) bond motifs is 1. The van der Waals surface area contributed by atoms with Crippen molar-refractivity contribution in [2.24, 2.45) is 0 Å². The predicted molar refractivity (Wildman–Crippen MR) is 115 cm³/mol. The van der Waals surface area contributed by atoms with E-state index in [1.165, 1.54) is 17.4 Å². The van der Waals surface area contributed by atoms with Crippen molar-refractivity contribution >= 4 is 38.7 Å². The lowest BCUT2D eigenvalue weighted by atomic mass is 10.1. The Morgan fingerprint density at radius 2 is 2.00 bits per heavy atom. The lowest BCUT2D eigenvalue weighted by Crippen LogP contribution is -2.34. The van der Waals surface area contributed by atoms with Crippen LogP contribution in [0.5, 0.6) is 11.5 Å². The second kappa shape index (κ2) is 9.21. The highest BCUT2D eigenvalue weighted by Crippen LogP contribution is 2.41. The van der Waals surface area contributed by atoms with Crippen LogP contribution in [0, 0.1) is 0 Å². The summed E-state index contributed by atoms with van der Waals surface area (Å²) in [4.78, 5) is 25.8. The van der Waals surface area contributed by atoms with Gasteiger partial charge in [0.25, 0.3) is 5.91 Å². The number of ether oxygens (including phenoxy) is 2. The molecule has 2 heterocycles. The number of nitrogens with zero attached hydrogens (tertiary/aromatic N) is 1. The maximum atomic E-state index is 13.1. The van der Waals surface area contributed by atoms with E-state index in [0.717, 1.165) is 17.6 Å². The smallest absolute Gasteiger partial charge is 0.471 e. The maximum Gasteiger partial charge on any atom is 0.471 e. The summed E-state index contributed by atoms with van der Waals surface area (Å²) in [6, 6.07) is 3.82. The second-order valence-corrected chi connectivity index (χ2v) is 10.4. The molecule has 0 saturated carbocycles. The third-order valence-corrected chi connectivity index (χ3v) is 6.82. The number of amides is 2. The van der Waals surface area contributed by atoms with E-state index >= 15 is 0 Å². The van der Waals surface area contributed by atoms with Gasteiger partial charge in [-0.1, -0.05) is 6.07 Å². The molecular formula is C20H21F3N2O6S2. The van der Waals surface area contributed by atoms with Crippen LogP contribution in [0.1, 0.15) is 33.8 Å². The Bertz CT molecular complexity index is 1180. The number of benzene rings is 1. The number of anilines is 1. The molecule has 180 valence electrons. The Balaban J connectivity index is 1.98. The summed E-state index contributed by atoms with van der Waals surface area (Å²) in [6.45, 7) is 1.92. The van der Waals surface area contributed by atoms with E-state index in [4.69, 9.17) is 9.47 Å². The zero-order valence-electron chi connectivity index (χ0n) is 17.9. The Morgan fingerprint density at radius 1 is 1.30 bits per heavy atom. The number of halogens is 3. The van der Waals surface area contributed by atoms with Crippen LogP contribution in [-0.2, 0) is 21.2 Å². The monoisotopic (exact) mass is 506 g/mol. The Morgan fingerprint density at radius 3 is 2.58 bits per heavy atom. The minimum absolute atomic E-state index is 0.129. The first-order valence-corrected chi connectivity index (χ1v) is 12.6. The molecule has 33 heavy (non-hydrogen) atoms. The molecule has 0 aliphatic carbocycles. The number of carbonyl (C=O) groups excluding carboxylic acids is 2. The van der Waals surface area contributed by atoms with Gasteiger partial charge in [-0.2, -0.15) is 13.2 Å². The number of hydrogen-bond acceptors (Lipinski definition) is 7. The van der Waals surface area contributed by atoms with E-state index in [0.29, 0.717) is 23.7 Å². The van der Waals surface area contributed by atoms with E-state index < -0.39 is 39.6 Å². The highest BCUT2D eigenvalue weighted by Gasteiger charge is 2.42. The number of rotatable bonds is 8. The molecule has 0 saturated heterocycles. The van der Waals surface area contributed by atoms with E-state index in [9.17, 15) is 31.2 Å². The van der Waals surface area contributed by atoms with E-state index in [-0.39, 0.29) is 22.7 Å². The topological polar surface area (TPSA) is 102 Å². The van der Waals surface area contributed by atoms with Gasteiger partial charge in [0.2, 0.25) is 0 Å². The van der Waals surface area contributed by atoms with Crippen molar-refractivity contribution in [1.29, 1.82) is 0 Å². The van der Waals surface area contributed by atoms with Crippen LogP contribution in [-0.4, -0.2) is 57.0 Å². The van der Waals surface area contributed by atoms with Gasteiger partial charge < -0.3 is 19.7 Å². The SMILES string of the molecule is CCOc1cc([C@@H](CS(C)(=O)=O)N2Cc3c(NC(=O)C(F)(F)F)csc3C2=O)ccc1OC. The summed E-state index contributed by atoms with van der Waals surface area (Å²) in [5.41, 5.74) is 0.532. The van der Waals surface area contributed by atoms with E-state index in [2.05, 4.69) is 0 Å². The maximum absolute atomic E-state index is 13.1. The largest absolute Gasteiger partial charge is 0.493 e. The number of thiophene rings is 1. The Labute approximate surface area is 192 Å². The predicted octanol–water partition coefficient (Wildman–Crippen LogP) is 3.40. The molecular weight excluding hydrogens is 485 g/mol. The third-order valence-electron chi connectivity index (χ3n) is 4.89. The molecule has 0 spiro atoms. The third kappa shape index (κ3) is 5.41. The average Bonchev–Trinajstić information content (AvgIpc) is 3.25. The normalized spacial score (nSPS) is 14.7. The molecule has 0 bridgehead atoms. The second-order valence-electron chi connectivity index (χ2n) is 7.29. The molecule has 3 rings (SSSR count). The van der Waals surface area contributed by atoms with Crippen LogP contribution in [0.2, 0.25) is 0 Å². The van der Waals surface area contributed by atoms with Crippen molar-refractivity contribution in [3.8, 4) is 11.5 Å². The van der Waals surface area contributed by atoms with Crippen molar-refractivity contribution in [1.82, 2.24) is 4.90 Å². The average molecular weight is 507 g/mol. The van der Waals surface area contributed by atoms with Gasteiger partial charge in [0.05, 0.1) is 42.6 Å². The van der Waals surface area contributed by atoms with Crippen LogP contribution < -0.4 is 14.8 Å². The van der Waals surface area contributed by atoms with Gasteiger partial charge in [0, 0.05) is 17.2 Å². The Hall–Kier alpha value is -2.80. The van der Waals surface area contributed by atoms with Crippen LogP contribution >= 0.6 is 11.3 Å². The van der Waals surface area contributed by atoms with Crippen LogP contribution in [0.25, 0.3) is 0 Å². The van der Waals surface area contributed by atoms with Gasteiger partial charge >= 0.3 is 12.1 Å². The fourth-order valence-electron chi connectivity index (χ4n) is 3.46. The number of hydrogen-bond donors (Lipinski definition) is 1. The van der Waals surface area contributed by atoms with Crippen LogP contribution in [0.15, 0.2) is 23.6 Å². The van der Waals surface area contributed by atoms with E-state index in [1.54, 1.807) is 30.4 Å². The molecule has 13 heteroatoms. The highest BCUT2D eigenvalue weighted by molar-refractivity contribution is 7.90. The zero-order valence-corrected chi connectivity index (χ0v) is 19.5. The lowest BCUT2D eigenvalue weighted by Gasteiger charge is -2.28. The number of sulfone groups is 1. The van der Waals surface area contributed by atoms with Crippen LogP contribution in [0.4, 0.5) is 18.9 Å². The summed E-state index contributed by atoms with van der Waals surface area (Å²) in [6.07, 6.45) is -4.06. The zero-order chi connectivity index (χ0) is 24.6. The van der Waals surface area contributed by atoms with Crippen molar-refractivity contribution in [2.75, 3.05) is 31.0 Å². The first-order valence-electron chi connectivity index (χ1n) is 9.63. The van der Waals surface area contributed by atoms with Gasteiger partial charge in [0.1, 0.15) is 9.84 Å². The number of carbonyl (C=O) groups is 2.